The molecule has 1 aromatic heterocycles. The average Bonchev–Trinajstić information content (AvgIpc) is 3.20. The van der Waals surface area contributed by atoms with Crippen molar-refractivity contribution < 1.29 is 19.0 Å². The van der Waals surface area contributed by atoms with Crippen LogP contribution in [0.3, 0.4) is 0 Å². The van der Waals surface area contributed by atoms with E-state index < -0.39 is 5.60 Å². The van der Waals surface area contributed by atoms with Crippen molar-refractivity contribution in [1.29, 1.82) is 0 Å². The molecule has 4 rings (SSSR count). The van der Waals surface area contributed by atoms with E-state index in [1.54, 1.807) is 14.2 Å². The summed E-state index contributed by atoms with van der Waals surface area (Å²) in [5.74, 6) is 1.40. The Labute approximate surface area is 184 Å². The second-order valence-electron chi connectivity index (χ2n) is 9.38. The minimum atomic E-state index is -0.469. The van der Waals surface area contributed by atoms with Gasteiger partial charge in [0.2, 0.25) is 0 Å². The Morgan fingerprint density at radius 3 is 2.42 bits per heavy atom. The maximum atomic E-state index is 12.4. The monoisotopic (exact) mass is 427 g/mol. The predicted octanol–water partition coefficient (Wildman–Crippen LogP) is 4.55. The van der Waals surface area contributed by atoms with Gasteiger partial charge in [-0.15, -0.1) is 0 Å². The molecule has 0 spiro atoms. The number of anilines is 1. The topological polar surface area (TPSA) is 72.9 Å². The zero-order valence-corrected chi connectivity index (χ0v) is 19.2. The van der Waals surface area contributed by atoms with E-state index in [4.69, 9.17) is 19.2 Å². The normalized spacial score (nSPS) is 16.9. The Morgan fingerprint density at radius 1 is 1.10 bits per heavy atom. The molecule has 2 aliphatic rings. The van der Waals surface area contributed by atoms with Crippen LogP contribution in [0.25, 0.3) is 10.9 Å². The lowest BCUT2D eigenvalue weighted by Crippen LogP contribution is -2.44. The Bertz CT molecular complexity index is 975. The zero-order valence-electron chi connectivity index (χ0n) is 19.2. The molecule has 2 aromatic rings. The third-order valence-corrected chi connectivity index (χ3v) is 6.01. The van der Waals surface area contributed by atoms with E-state index in [1.165, 1.54) is 11.3 Å². The molecule has 31 heavy (non-hydrogen) atoms. The summed E-state index contributed by atoms with van der Waals surface area (Å²) in [7, 11) is 3.30. The van der Waals surface area contributed by atoms with Gasteiger partial charge in [-0.2, -0.15) is 0 Å². The number of hydrogen-bond donors (Lipinski definition) is 1. The molecule has 1 N–H and O–H groups in total. The molecule has 1 amide bonds. The summed E-state index contributed by atoms with van der Waals surface area (Å²) in [5.41, 5.74) is 4.10. The highest BCUT2D eigenvalue weighted by molar-refractivity contribution is 5.96. The van der Waals surface area contributed by atoms with Crippen molar-refractivity contribution in [3.63, 3.8) is 0 Å². The number of likely N-dealkylation sites (tertiary alicyclic amines) is 1. The van der Waals surface area contributed by atoms with Gasteiger partial charge in [-0.25, -0.2) is 4.79 Å². The summed E-state index contributed by atoms with van der Waals surface area (Å²) in [6.45, 7) is 7.08. The molecule has 1 aliphatic carbocycles. The van der Waals surface area contributed by atoms with Gasteiger partial charge in [0.15, 0.2) is 11.5 Å². The summed E-state index contributed by atoms with van der Waals surface area (Å²) in [6.07, 6.45) is 4.70. The first-order valence-electron chi connectivity index (χ1n) is 11.1. The number of piperidine rings is 1. The lowest BCUT2D eigenvalue weighted by atomic mass is 10.0. The van der Waals surface area contributed by atoms with Gasteiger partial charge in [0, 0.05) is 42.0 Å². The van der Waals surface area contributed by atoms with Crippen LogP contribution < -0.4 is 14.8 Å². The van der Waals surface area contributed by atoms with Gasteiger partial charge in [-0.05, 0) is 64.5 Å². The van der Waals surface area contributed by atoms with Crippen molar-refractivity contribution in [2.45, 2.75) is 64.5 Å². The molecular formula is C24H33N3O4. The number of nitrogens with zero attached hydrogens (tertiary/aromatic N) is 2. The molecule has 2 heterocycles. The van der Waals surface area contributed by atoms with E-state index in [-0.39, 0.29) is 6.09 Å². The van der Waals surface area contributed by atoms with E-state index in [2.05, 4.69) is 5.32 Å². The largest absolute Gasteiger partial charge is 0.493 e. The van der Waals surface area contributed by atoms with Gasteiger partial charge in [0.25, 0.3) is 0 Å². The summed E-state index contributed by atoms with van der Waals surface area (Å²) in [4.78, 5) is 19.1. The highest BCUT2D eigenvalue weighted by Crippen LogP contribution is 2.40. The average molecular weight is 428 g/mol. The second-order valence-corrected chi connectivity index (χ2v) is 9.38. The molecule has 1 aromatic carbocycles. The Balaban J connectivity index is 1.57. The minimum absolute atomic E-state index is 0.224. The van der Waals surface area contributed by atoms with Crippen molar-refractivity contribution in [2.24, 2.45) is 0 Å². The van der Waals surface area contributed by atoms with Crippen LogP contribution in [0.1, 0.15) is 51.3 Å². The lowest BCUT2D eigenvalue weighted by molar-refractivity contribution is 0.0210. The first-order chi connectivity index (χ1) is 14.8. The van der Waals surface area contributed by atoms with Crippen molar-refractivity contribution in [2.75, 3.05) is 32.6 Å². The van der Waals surface area contributed by atoms with Gasteiger partial charge in [0.1, 0.15) is 5.60 Å². The number of methoxy groups -OCH3 is 2. The van der Waals surface area contributed by atoms with E-state index in [9.17, 15) is 4.79 Å². The van der Waals surface area contributed by atoms with E-state index >= 15 is 0 Å². The lowest BCUT2D eigenvalue weighted by Gasteiger charge is -2.34. The molecular weight excluding hydrogens is 394 g/mol. The second kappa shape index (κ2) is 8.44. The van der Waals surface area contributed by atoms with E-state index in [1.807, 2.05) is 37.8 Å². The number of aromatic nitrogens is 1. The van der Waals surface area contributed by atoms with Gasteiger partial charge in [-0.1, -0.05) is 0 Å². The van der Waals surface area contributed by atoms with Crippen molar-refractivity contribution in [1.82, 2.24) is 9.88 Å². The summed E-state index contributed by atoms with van der Waals surface area (Å²) in [5, 5.41) is 4.87. The number of benzene rings is 1. The van der Waals surface area contributed by atoms with Crippen LogP contribution in [0.4, 0.5) is 10.5 Å². The fraction of sp³-hybridized carbons (Fsp3) is 0.583. The van der Waals surface area contributed by atoms with Crippen molar-refractivity contribution in [3.05, 3.63) is 23.4 Å². The molecule has 0 bridgehead atoms. The first-order valence-corrected chi connectivity index (χ1v) is 11.1. The van der Waals surface area contributed by atoms with Gasteiger partial charge < -0.3 is 24.4 Å². The zero-order chi connectivity index (χ0) is 22.2. The SMILES string of the molecule is COc1cc2nc3c(c(NC4CCN(C(=O)OC(C)(C)C)CC4)c2cc1OC)CCC3. The molecule has 7 nitrogen and oxygen atoms in total. The molecule has 0 atom stereocenters. The van der Waals surface area contributed by atoms with Gasteiger partial charge in [-0.3, -0.25) is 4.98 Å². The number of fused-ring (bicyclic) bond motifs is 2. The molecule has 0 unspecified atom stereocenters. The number of rotatable bonds is 4. The first kappa shape index (κ1) is 21.5. The molecule has 1 aliphatic heterocycles. The van der Waals surface area contributed by atoms with Crippen molar-refractivity contribution in [3.8, 4) is 11.5 Å². The van der Waals surface area contributed by atoms with Crippen LogP contribution in [0.15, 0.2) is 12.1 Å². The fourth-order valence-electron chi connectivity index (χ4n) is 4.49. The standard InChI is InChI=1S/C24H33N3O4/c1-24(2,3)31-23(28)27-11-9-15(10-12-27)25-22-16-7-6-8-18(16)26-19-14-21(30-5)20(29-4)13-17(19)22/h13-15H,6-12H2,1-5H3,(H,25,26). The summed E-state index contributed by atoms with van der Waals surface area (Å²) in [6, 6.07) is 4.28. The quantitative estimate of drug-likeness (QED) is 0.772. The molecule has 7 heteroatoms. The van der Waals surface area contributed by atoms with Crippen LogP contribution in [0.2, 0.25) is 0 Å². The van der Waals surface area contributed by atoms with Crippen LogP contribution in [-0.4, -0.2) is 54.9 Å². The summed E-state index contributed by atoms with van der Waals surface area (Å²) >= 11 is 0. The molecule has 1 saturated heterocycles. The number of hydrogen-bond acceptors (Lipinski definition) is 6. The van der Waals surface area contributed by atoms with Crippen LogP contribution in [0, 0.1) is 0 Å². The molecule has 0 saturated carbocycles. The maximum absolute atomic E-state index is 12.4. The van der Waals surface area contributed by atoms with E-state index in [0.717, 1.165) is 48.7 Å². The van der Waals surface area contributed by atoms with Gasteiger partial charge >= 0.3 is 6.09 Å². The molecule has 0 radical (unpaired) electrons. The third-order valence-electron chi connectivity index (χ3n) is 6.01. The van der Waals surface area contributed by atoms with Crippen LogP contribution in [0.5, 0.6) is 11.5 Å². The predicted molar refractivity (Wildman–Crippen MR) is 121 cm³/mol. The fourth-order valence-corrected chi connectivity index (χ4v) is 4.49. The summed E-state index contributed by atoms with van der Waals surface area (Å²) < 4.78 is 16.6. The smallest absolute Gasteiger partial charge is 0.410 e. The molecule has 168 valence electrons. The minimum Gasteiger partial charge on any atom is -0.493 e. The molecule has 1 fully saturated rings. The van der Waals surface area contributed by atoms with Crippen molar-refractivity contribution >= 4 is 22.7 Å². The highest BCUT2D eigenvalue weighted by Gasteiger charge is 2.28. The van der Waals surface area contributed by atoms with E-state index in [0.29, 0.717) is 30.6 Å². The number of pyridine rings is 1. The maximum Gasteiger partial charge on any atom is 0.410 e. The number of carbonyl (C=O) groups excluding carboxylic acids is 1. The van der Waals surface area contributed by atoms with Crippen LogP contribution in [-0.2, 0) is 17.6 Å². The number of carbonyl (C=O) groups is 1. The highest BCUT2D eigenvalue weighted by atomic mass is 16.6. The number of nitrogens with one attached hydrogen (secondary N) is 1. The van der Waals surface area contributed by atoms with Gasteiger partial charge in [0.05, 0.1) is 19.7 Å². The Kier molecular flexibility index (Phi) is 5.86. The number of ether oxygens (including phenoxy) is 3. The van der Waals surface area contributed by atoms with Crippen LogP contribution >= 0.6 is 0 Å². The Morgan fingerprint density at radius 2 is 1.77 bits per heavy atom. The Hall–Kier alpha value is -2.70. The number of amides is 1. The number of aryl methyl sites for hydroxylation is 1. The third kappa shape index (κ3) is 4.50.